The molecule has 5 aromatic rings. The highest BCUT2D eigenvalue weighted by molar-refractivity contribution is 6.03. The number of nitrogens with one attached hydrogen (secondary N) is 1. The maximum Gasteiger partial charge on any atom is 0.355 e. The fourth-order valence-electron chi connectivity index (χ4n) is 3.85. The Balaban J connectivity index is 1.61. The molecule has 35 heavy (non-hydrogen) atoms. The van der Waals surface area contributed by atoms with Crippen molar-refractivity contribution in [2.24, 2.45) is 0 Å². The average Bonchev–Trinajstić information content (AvgIpc) is 3.22. The third-order valence-corrected chi connectivity index (χ3v) is 5.38. The lowest BCUT2D eigenvalue weighted by Crippen LogP contribution is -2.25. The Labute approximate surface area is 198 Å². The first-order valence-electron chi connectivity index (χ1n) is 10.7. The number of nitrogens with zero attached hydrogens (tertiary/aromatic N) is 4. The van der Waals surface area contributed by atoms with Gasteiger partial charge in [-0.25, -0.2) is 14.2 Å². The van der Waals surface area contributed by atoms with Gasteiger partial charge in [0.15, 0.2) is 5.82 Å². The largest absolute Gasteiger partial charge is 0.447 e. The van der Waals surface area contributed by atoms with Crippen LogP contribution in [0.1, 0.15) is 18.6 Å². The molecule has 0 fully saturated rings. The number of hydrogen-bond donors (Lipinski definition) is 2. The number of amides is 1. The van der Waals surface area contributed by atoms with E-state index in [1.807, 2.05) is 6.07 Å². The summed E-state index contributed by atoms with van der Waals surface area (Å²) in [6.07, 6.45) is -1.17. The zero-order valence-corrected chi connectivity index (χ0v) is 18.6. The van der Waals surface area contributed by atoms with E-state index >= 15 is 0 Å². The van der Waals surface area contributed by atoms with Crippen LogP contribution in [0.3, 0.4) is 0 Å². The molecule has 2 heterocycles. The molecule has 0 bridgehead atoms. The molecule has 3 N–H and O–H groups in total. The Morgan fingerprint density at radius 3 is 2.34 bits per heavy atom. The molecule has 0 aliphatic heterocycles. The number of aromatic nitrogens is 4. The topological polar surface area (TPSA) is 134 Å². The summed E-state index contributed by atoms with van der Waals surface area (Å²) in [4.78, 5) is 42.5. The third kappa shape index (κ3) is 3.97. The third-order valence-electron chi connectivity index (χ3n) is 5.38. The van der Waals surface area contributed by atoms with Gasteiger partial charge < -0.3 is 15.8 Å². The standard InChI is InChI=1S/C25H20N6O4/c1-15(32)35-21(16-9-4-2-5-10-16)24(33)27-18-13-8-14-19-20(18)28-22(26)23-29-31(25(34)30(19)23)17-11-6-3-7-12-17/h2-14,21H,1H3,(H2,26,28)(H,27,33). The number of nitrogen functional groups attached to an aromatic ring is 1. The van der Waals surface area contributed by atoms with Gasteiger partial charge in [0.2, 0.25) is 11.8 Å². The van der Waals surface area contributed by atoms with Gasteiger partial charge in [0.05, 0.1) is 16.9 Å². The maximum atomic E-state index is 13.3. The van der Waals surface area contributed by atoms with Crippen LogP contribution in [0, 0.1) is 0 Å². The van der Waals surface area contributed by atoms with Gasteiger partial charge in [0, 0.05) is 12.5 Å². The molecule has 3 aromatic carbocycles. The minimum absolute atomic E-state index is 0.0191. The van der Waals surface area contributed by atoms with Crippen molar-refractivity contribution in [1.29, 1.82) is 0 Å². The summed E-state index contributed by atoms with van der Waals surface area (Å²) < 4.78 is 7.87. The molecule has 0 aliphatic carbocycles. The fraction of sp³-hybridized carbons (Fsp3) is 0.0800. The SMILES string of the molecule is CC(=O)OC(C(=O)Nc1cccc2c1nc(N)c1nn(-c3ccccc3)c(=O)n12)c1ccccc1. The van der Waals surface area contributed by atoms with E-state index in [-0.39, 0.29) is 17.0 Å². The second-order valence-corrected chi connectivity index (χ2v) is 7.75. The second-order valence-electron chi connectivity index (χ2n) is 7.75. The van der Waals surface area contributed by atoms with Crippen molar-refractivity contribution < 1.29 is 14.3 Å². The Kier molecular flexibility index (Phi) is 5.46. The molecule has 5 rings (SSSR count). The average molecular weight is 468 g/mol. The van der Waals surface area contributed by atoms with E-state index in [2.05, 4.69) is 15.4 Å². The van der Waals surface area contributed by atoms with Gasteiger partial charge >= 0.3 is 11.7 Å². The zero-order chi connectivity index (χ0) is 24.5. The maximum absolute atomic E-state index is 13.3. The van der Waals surface area contributed by atoms with Crippen LogP contribution in [0.25, 0.3) is 22.4 Å². The summed E-state index contributed by atoms with van der Waals surface area (Å²) in [6, 6.07) is 22.6. The summed E-state index contributed by atoms with van der Waals surface area (Å²) in [6.45, 7) is 1.23. The van der Waals surface area contributed by atoms with Crippen LogP contribution in [0.4, 0.5) is 11.5 Å². The van der Waals surface area contributed by atoms with Gasteiger partial charge in [-0.3, -0.25) is 9.59 Å². The number of ether oxygens (including phenoxy) is 1. The zero-order valence-electron chi connectivity index (χ0n) is 18.6. The Morgan fingerprint density at radius 2 is 1.66 bits per heavy atom. The van der Waals surface area contributed by atoms with Gasteiger partial charge in [-0.15, -0.1) is 5.10 Å². The Bertz CT molecular complexity index is 1630. The first-order valence-corrected chi connectivity index (χ1v) is 10.7. The summed E-state index contributed by atoms with van der Waals surface area (Å²) in [5, 5.41) is 7.12. The number of esters is 1. The van der Waals surface area contributed by atoms with Gasteiger partial charge in [0.1, 0.15) is 5.52 Å². The minimum atomic E-state index is -1.17. The number of benzene rings is 3. The molecule has 1 amide bonds. The van der Waals surface area contributed by atoms with Crippen LogP contribution in [0.2, 0.25) is 0 Å². The first-order chi connectivity index (χ1) is 16.9. The number of carbonyl (C=O) groups is 2. The quantitative estimate of drug-likeness (QED) is 0.379. The van der Waals surface area contributed by atoms with Gasteiger partial charge in [0.25, 0.3) is 5.91 Å². The van der Waals surface area contributed by atoms with E-state index in [1.54, 1.807) is 72.8 Å². The lowest BCUT2D eigenvalue weighted by atomic mass is 10.1. The second kappa shape index (κ2) is 8.75. The number of rotatable bonds is 5. The normalized spacial score (nSPS) is 11.9. The van der Waals surface area contributed by atoms with E-state index in [0.717, 1.165) is 0 Å². The lowest BCUT2D eigenvalue weighted by Gasteiger charge is -2.18. The monoisotopic (exact) mass is 468 g/mol. The highest BCUT2D eigenvalue weighted by Gasteiger charge is 2.25. The van der Waals surface area contributed by atoms with Crippen LogP contribution in [0.15, 0.2) is 83.7 Å². The Morgan fingerprint density at radius 1 is 0.971 bits per heavy atom. The molecule has 0 saturated heterocycles. The van der Waals surface area contributed by atoms with Crippen molar-refractivity contribution >= 4 is 40.1 Å². The first kappa shape index (κ1) is 21.8. The summed E-state index contributed by atoms with van der Waals surface area (Å²) in [5.41, 5.74) is 8.00. The molecule has 0 aliphatic rings. The van der Waals surface area contributed by atoms with Crippen molar-refractivity contribution in [2.75, 3.05) is 11.1 Å². The lowest BCUT2D eigenvalue weighted by molar-refractivity contribution is -0.152. The molecule has 1 atom stereocenters. The molecule has 1 unspecified atom stereocenters. The molecule has 2 aromatic heterocycles. The van der Waals surface area contributed by atoms with E-state index in [1.165, 1.54) is 16.0 Å². The Hall–Kier alpha value is -4.99. The number of anilines is 2. The predicted octanol–water partition coefficient (Wildman–Crippen LogP) is 2.86. The van der Waals surface area contributed by atoms with Crippen molar-refractivity contribution in [3.8, 4) is 5.69 Å². The van der Waals surface area contributed by atoms with Crippen molar-refractivity contribution in [3.05, 3.63) is 94.9 Å². The molecule has 10 heteroatoms. The van der Waals surface area contributed by atoms with Gasteiger partial charge in [-0.2, -0.15) is 4.68 Å². The molecule has 0 saturated carbocycles. The molecule has 174 valence electrons. The van der Waals surface area contributed by atoms with Gasteiger partial charge in [-0.1, -0.05) is 54.6 Å². The van der Waals surface area contributed by atoms with Gasteiger partial charge in [-0.05, 0) is 24.3 Å². The van der Waals surface area contributed by atoms with E-state index in [0.29, 0.717) is 22.5 Å². The van der Waals surface area contributed by atoms with Crippen molar-refractivity contribution in [1.82, 2.24) is 19.2 Å². The number of nitrogens with two attached hydrogens (primary N) is 1. The number of hydrogen-bond acceptors (Lipinski definition) is 7. The van der Waals surface area contributed by atoms with E-state index < -0.39 is 23.7 Å². The predicted molar refractivity (Wildman–Crippen MR) is 130 cm³/mol. The minimum Gasteiger partial charge on any atom is -0.447 e. The van der Waals surface area contributed by atoms with Crippen molar-refractivity contribution in [2.45, 2.75) is 13.0 Å². The summed E-state index contributed by atoms with van der Waals surface area (Å²) in [7, 11) is 0. The number of fused-ring (bicyclic) bond motifs is 3. The van der Waals surface area contributed by atoms with E-state index in [9.17, 15) is 14.4 Å². The molecule has 0 spiro atoms. The fourth-order valence-corrected chi connectivity index (χ4v) is 3.85. The summed E-state index contributed by atoms with van der Waals surface area (Å²) >= 11 is 0. The highest BCUT2D eigenvalue weighted by atomic mass is 16.5. The van der Waals surface area contributed by atoms with Crippen molar-refractivity contribution in [3.63, 3.8) is 0 Å². The van der Waals surface area contributed by atoms with Crippen LogP contribution >= 0.6 is 0 Å². The number of carbonyl (C=O) groups excluding carboxylic acids is 2. The van der Waals surface area contributed by atoms with Crippen LogP contribution in [0.5, 0.6) is 0 Å². The van der Waals surface area contributed by atoms with Crippen LogP contribution < -0.4 is 16.7 Å². The molecule has 0 radical (unpaired) electrons. The molecular weight excluding hydrogens is 448 g/mol. The number of para-hydroxylation sites is 2. The highest BCUT2D eigenvalue weighted by Crippen LogP contribution is 2.27. The van der Waals surface area contributed by atoms with Crippen LogP contribution in [-0.2, 0) is 14.3 Å². The van der Waals surface area contributed by atoms with Crippen LogP contribution in [-0.4, -0.2) is 31.0 Å². The molecule has 10 nitrogen and oxygen atoms in total. The smallest absolute Gasteiger partial charge is 0.355 e. The van der Waals surface area contributed by atoms with E-state index in [4.69, 9.17) is 10.5 Å². The molecular formula is C25H20N6O4. The summed E-state index contributed by atoms with van der Waals surface area (Å²) in [5.74, 6) is -1.16.